The smallest absolute Gasteiger partial charge is 0.162 e. The number of nitrogens with zero attached hydrogens (tertiary/aromatic N) is 6. The van der Waals surface area contributed by atoms with Gasteiger partial charge in [0.25, 0.3) is 0 Å². The summed E-state index contributed by atoms with van der Waals surface area (Å²) < 4.78 is 1.84. The van der Waals surface area contributed by atoms with Gasteiger partial charge in [0.2, 0.25) is 0 Å². The molecule has 3 aromatic heterocycles. The minimum absolute atomic E-state index is 0.0975. The van der Waals surface area contributed by atoms with Crippen LogP contribution in [0.4, 0.5) is 5.82 Å². The number of anilines is 1. The van der Waals surface area contributed by atoms with Gasteiger partial charge >= 0.3 is 0 Å². The summed E-state index contributed by atoms with van der Waals surface area (Å²) in [6, 6.07) is 12.0. The Morgan fingerprint density at radius 2 is 1.77 bits per heavy atom. The molecule has 7 nitrogen and oxygen atoms in total. The maximum absolute atomic E-state index is 4.78. The highest BCUT2D eigenvalue weighted by Gasteiger charge is 2.17. The number of nitrogens with one attached hydrogen (secondary N) is 1. The number of para-hydroxylation sites is 1. The highest BCUT2D eigenvalue weighted by Crippen LogP contribution is 2.26. The molecule has 3 heterocycles. The van der Waals surface area contributed by atoms with E-state index in [0.29, 0.717) is 5.82 Å². The molecule has 0 fully saturated rings. The minimum atomic E-state index is 0.0975. The van der Waals surface area contributed by atoms with E-state index in [1.54, 1.807) is 25.0 Å². The molecule has 4 rings (SSSR count). The summed E-state index contributed by atoms with van der Waals surface area (Å²) in [5.74, 6) is 1.48. The normalized spacial score (nSPS) is 13.5. The minimum Gasteiger partial charge on any atom is -0.365 e. The van der Waals surface area contributed by atoms with Crippen LogP contribution in [0, 0.1) is 0 Å². The highest BCUT2D eigenvalue weighted by molar-refractivity contribution is 5.90. The number of benzene rings is 1. The molecular weight excluding hydrogens is 326 g/mol. The quantitative estimate of drug-likeness (QED) is 0.597. The van der Waals surface area contributed by atoms with Crippen molar-refractivity contribution in [1.82, 2.24) is 29.7 Å². The van der Waals surface area contributed by atoms with Gasteiger partial charge in [0.05, 0.1) is 11.6 Å². The number of pyridine rings is 1. The van der Waals surface area contributed by atoms with Crippen LogP contribution >= 0.6 is 0 Å². The second kappa shape index (κ2) is 6.87. The lowest BCUT2D eigenvalue weighted by Crippen LogP contribution is -2.27. The van der Waals surface area contributed by atoms with Crippen LogP contribution in [-0.4, -0.2) is 35.8 Å². The van der Waals surface area contributed by atoms with Crippen molar-refractivity contribution in [1.29, 1.82) is 0 Å². The van der Waals surface area contributed by atoms with E-state index in [0.717, 1.165) is 22.3 Å². The van der Waals surface area contributed by atoms with Gasteiger partial charge in [-0.1, -0.05) is 12.1 Å². The third-order valence-corrected chi connectivity index (χ3v) is 4.48. The van der Waals surface area contributed by atoms with E-state index in [2.05, 4.69) is 34.2 Å². The molecule has 7 heteroatoms. The third-order valence-electron chi connectivity index (χ3n) is 4.48. The van der Waals surface area contributed by atoms with Gasteiger partial charge < -0.3 is 5.32 Å². The van der Waals surface area contributed by atoms with Crippen LogP contribution in [0.5, 0.6) is 0 Å². The molecule has 0 radical (unpaired) electrons. The molecule has 0 saturated heterocycles. The molecule has 130 valence electrons. The van der Waals surface area contributed by atoms with E-state index in [4.69, 9.17) is 9.97 Å². The third kappa shape index (κ3) is 3.11. The fraction of sp³-hybridized carbons (Fsp3) is 0.211. The molecule has 0 aliphatic carbocycles. The lowest BCUT2D eigenvalue weighted by Gasteiger charge is -2.22. The summed E-state index contributed by atoms with van der Waals surface area (Å²) in [7, 11) is 0. The molecule has 4 aromatic rings. The second-order valence-corrected chi connectivity index (χ2v) is 6.20. The molecule has 0 bridgehead atoms. The van der Waals surface area contributed by atoms with Crippen LogP contribution in [0.3, 0.4) is 0 Å². The fourth-order valence-electron chi connectivity index (χ4n) is 2.81. The van der Waals surface area contributed by atoms with Crippen molar-refractivity contribution in [2.45, 2.75) is 25.9 Å². The van der Waals surface area contributed by atoms with Crippen molar-refractivity contribution in [3.8, 4) is 11.4 Å². The molecule has 0 amide bonds. The summed E-state index contributed by atoms with van der Waals surface area (Å²) in [6.07, 6.45) is 6.76. The molecule has 2 atom stereocenters. The largest absolute Gasteiger partial charge is 0.365 e. The summed E-state index contributed by atoms with van der Waals surface area (Å²) >= 11 is 0. The zero-order valence-electron chi connectivity index (χ0n) is 14.6. The van der Waals surface area contributed by atoms with Crippen LogP contribution in [-0.2, 0) is 0 Å². The van der Waals surface area contributed by atoms with E-state index >= 15 is 0 Å². The van der Waals surface area contributed by atoms with E-state index in [1.165, 1.54) is 0 Å². The lowest BCUT2D eigenvalue weighted by molar-refractivity contribution is 0.442. The SMILES string of the molecule is C[C@@H](Nc1nc(-c2ccncc2)nc2ccccc12)[C@H](C)n1cncn1. The van der Waals surface area contributed by atoms with Crippen LogP contribution in [0.2, 0.25) is 0 Å². The predicted molar refractivity (Wildman–Crippen MR) is 101 cm³/mol. The molecule has 0 spiro atoms. The van der Waals surface area contributed by atoms with E-state index in [1.807, 2.05) is 41.1 Å². The Hall–Kier alpha value is -3.35. The van der Waals surface area contributed by atoms with Gasteiger partial charge in [0.1, 0.15) is 18.5 Å². The first kappa shape index (κ1) is 16.1. The van der Waals surface area contributed by atoms with Crippen LogP contribution in [0.15, 0.2) is 61.4 Å². The molecule has 1 N–H and O–H groups in total. The predicted octanol–water partition coefficient (Wildman–Crippen LogP) is 3.34. The Labute approximate surface area is 151 Å². The van der Waals surface area contributed by atoms with Gasteiger partial charge in [-0.25, -0.2) is 19.6 Å². The Morgan fingerprint density at radius 3 is 2.54 bits per heavy atom. The van der Waals surface area contributed by atoms with Crippen LogP contribution in [0.25, 0.3) is 22.3 Å². The maximum Gasteiger partial charge on any atom is 0.162 e. The monoisotopic (exact) mass is 345 g/mol. The van der Waals surface area contributed by atoms with Crippen LogP contribution < -0.4 is 5.32 Å². The van der Waals surface area contributed by atoms with Crippen molar-refractivity contribution in [2.75, 3.05) is 5.32 Å². The average molecular weight is 345 g/mol. The number of fused-ring (bicyclic) bond motifs is 1. The lowest BCUT2D eigenvalue weighted by atomic mass is 10.1. The Kier molecular flexibility index (Phi) is 4.27. The van der Waals surface area contributed by atoms with E-state index in [-0.39, 0.29) is 12.1 Å². The van der Waals surface area contributed by atoms with Gasteiger partial charge in [0, 0.05) is 29.4 Å². The maximum atomic E-state index is 4.78. The Balaban J connectivity index is 1.73. The topological polar surface area (TPSA) is 81.4 Å². The van der Waals surface area contributed by atoms with Gasteiger partial charge in [0.15, 0.2) is 5.82 Å². The zero-order chi connectivity index (χ0) is 17.9. The average Bonchev–Trinajstić information content (AvgIpc) is 3.22. The summed E-state index contributed by atoms with van der Waals surface area (Å²) in [6.45, 7) is 4.20. The summed E-state index contributed by atoms with van der Waals surface area (Å²) in [4.78, 5) is 17.6. The highest BCUT2D eigenvalue weighted by atomic mass is 15.3. The first-order valence-corrected chi connectivity index (χ1v) is 8.50. The van der Waals surface area contributed by atoms with Gasteiger partial charge in [-0.15, -0.1) is 0 Å². The molecule has 26 heavy (non-hydrogen) atoms. The Bertz CT molecular complexity index is 999. The molecule has 0 unspecified atom stereocenters. The van der Waals surface area contributed by atoms with Crippen molar-refractivity contribution in [3.63, 3.8) is 0 Å². The van der Waals surface area contributed by atoms with E-state index < -0.39 is 0 Å². The first-order chi connectivity index (χ1) is 12.7. The summed E-state index contributed by atoms with van der Waals surface area (Å²) in [5, 5.41) is 8.75. The standard InChI is InChI=1S/C19H19N7/c1-13(14(2)26-12-21-11-22-26)23-19-16-5-3-4-6-17(16)24-18(25-19)15-7-9-20-10-8-15/h3-14H,1-2H3,(H,23,24,25)/t13-,14+/m1/s1. The number of aromatic nitrogens is 6. The number of hydrogen-bond donors (Lipinski definition) is 1. The van der Waals surface area contributed by atoms with Crippen molar-refractivity contribution in [3.05, 3.63) is 61.4 Å². The fourth-order valence-corrected chi connectivity index (χ4v) is 2.81. The van der Waals surface area contributed by atoms with Crippen molar-refractivity contribution < 1.29 is 0 Å². The Morgan fingerprint density at radius 1 is 0.962 bits per heavy atom. The van der Waals surface area contributed by atoms with E-state index in [9.17, 15) is 0 Å². The van der Waals surface area contributed by atoms with Gasteiger partial charge in [-0.3, -0.25) is 4.98 Å². The summed E-state index contributed by atoms with van der Waals surface area (Å²) in [5.41, 5.74) is 1.84. The van der Waals surface area contributed by atoms with Gasteiger partial charge in [-0.05, 0) is 38.1 Å². The molecule has 1 aromatic carbocycles. The van der Waals surface area contributed by atoms with Crippen molar-refractivity contribution in [2.24, 2.45) is 0 Å². The van der Waals surface area contributed by atoms with Crippen LogP contribution in [0.1, 0.15) is 19.9 Å². The number of rotatable bonds is 5. The molecule has 0 aliphatic rings. The van der Waals surface area contributed by atoms with Crippen molar-refractivity contribution >= 4 is 16.7 Å². The zero-order valence-corrected chi connectivity index (χ0v) is 14.6. The first-order valence-electron chi connectivity index (χ1n) is 8.50. The number of hydrogen-bond acceptors (Lipinski definition) is 6. The molecular formula is C19H19N7. The second-order valence-electron chi connectivity index (χ2n) is 6.20. The molecule has 0 saturated carbocycles. The molecule has 0 aliphatic heterocycles. The van der Waals surface area contributed by atoms with Gasteiger partial charge in [-0.2, -0.15) is 5.10 Å².